The fourth-order valence-corrected chi connectivity index (χ4v) is 0. The van der Waals surface area contributed by atoms with Crippen molar-refractivity contribution in [3.8, 4) is 0 Å². The van der Waals surface area contributed by atoms with Crippen LogP contribution in [0.3, 0.4) is 0 Å². The Morgan fingerprint density at radius 1 is 1.00 bits per heavy atom. The van der Waals surface area contributed by atoms with Crippen molar-refractivity contribution in [2.75, 3.05) is 0 Å². The van der Waals surface area contributed by atoms with Crippen LogP contribution in [0, 0.1) is 0 Å². The summed E-state index contributed by atoms with van der Waals surface area (Å²) in [4.78, 5) is 19.2. The van der Waals surface area contributed by atoms with Crippen molar-refractivity contribution in [1.82, 2.24) is 0 Å². The quantitative estimate of drug-likeness (QED) is 0.392. The number of hydrogen-bond acceptors (Lipinski definition) is 4. The first-order valence-corrected chi connectivity index (χ1v) is 4.27. The molecule has 0 aliphatic rings. The first-order valence-electron chi connectivity index (χ1n) is 2.63. The lowest BCUT2D eigenvalue weighted by atomic mass is 10.9. The fraction of sp³-hybridized carbons (Fsp3) is 0.500. The number of hydrogen-bond donors (Lipinski definition) is 0. The molecule has 6 heteroatoms. The van der Waals surface area contributed by atoms with E-state index in [1.54, 1.807) is 0 Å². The normalized spacial score (nSPS) is 7.40. The Bertz CT molecular complexity index is 99.8. The summed E-state index contributed by atoms with van der Waals surface area (Å²) in [7, 11) is 1.05. The molecule has 10 heavy (non-hydrogen) atoms. The molecule has 0 amide bonds. The molecule has 0 aromatic rings. The highest BCUT2D eigenvalue weighted by atomic mass is 28.2. The highest BCUT2D eigenvalue weighted by molar-refractivity contribution is 6.05. The molecule has 4 nitrogen and oxygen atoms in total. The molecule has 0 radical (unpaired) electrons. The summed E-state index contributed by atoms with van der Waals surface area (Å²) in [6, 6.07) is 0. The molecule has 0 saturated heterocycles. The molecule has 0 aromatic heterocycles. The lowest BCUT2D eigenvalue weighted by Gasteiger charge is -1.82. The van der Waals surface area contributed by atoms with Gasteiger partial charge in [0, 0.05) is 13.8 Å². The third-order valence-electron chi connectivity index (χ3n) is 0.575. The van der Waals surface area contributed by atoms with Crippen molar-refractivity contribution in [1.29, 1.82) is 0 Å². The molecule has 0 saturated carbocycles. The molecule has 0 N–H and O–H groups in total. The van der Waals surface area contributed by atoms with Crippen molar-refractivity contribution in [2.24, 2.45) is 0 Å². The van der Waals surface area contributed by atoms with Crippen LogP contribution in [0.2, 0.25) is 0 Å². The summed E-state index contributed by atoms with van der Waals surface area (Å²) < 4.78 is 8.50. The number of carbonyl (C=O) groups excluding carboxylic acids is 2. The van der Waals surface area contributed by atoms with Gasteiger partial charge in [-0.3, -0.25) is 9.59 Å². The summed E-state index contributed by atoms with van der Waals surface area (Å²) in [6.07, 6.45) is 0. The zero-order valence-corrected chi connectivity index (χ0v) is 10.6. The van der Waals surface area contributed by atoms with Crippen LogP contribution in [0.5, 0.6) is 0 Å². The van der Waals surface area contributed by atoms with E-state index in [2.05, 4.69) is 8.85 Å². The van der Waals surface area contributed by atoms with E-state index in [0.717, 1.165) is 0 Å². The fourth-order valence-electron chi connectivity index (χ4n) is 0. The largest absolute Gasteiger partial charge is 0.529 e. The molecule has 0 heterocycles. The van der Waals surface area contributed by atoms with Crippen molar-refractivity contribution in [3.63, 3.8) is 0 Å². The van der Waals surface area contributed by atoms with E-state index in [4.69, 9.17) is 0 Å². The van der Waals surface area contributed by atoms with E-state index >= 15 is 0 Å². The molecule has 60 valence electrons. The van der Waals surface area contributed by atoms with Crippen LogP contribution < -0.4 is 0 Å². The second-order valence-electron chi connectivity index (χ2n) is 1.39. The van der Waals surface area contributed by atoms with E-state index in [1.165, 1.54) is 13.8 Å². The summed E-state index contributed by atoms with van der Waals surface area (Å²) >= 11 is 0. The van der Waals surface area contributed by atoms with E-state index in [1.807, 2.05) is 0 Å². The van der Waals surface area contributed by atoms with E-state index in [9.17, 15) is 9.59 Å². The van der Waals surface area contributed by atoms with Crippen molar-refractivity contribution in [3.05, 3.63) is 0 Å². The zero-order valence-electron chi connectivity index (χ0n) is 6.63. The molecule has 0 aliphatic carbocycles. The number of rotatable bonds is 0. The minimum absolute atomic E-state index is 0.184. The molecule has 0 spiro atoms. The minimum Gasteiger partial charge on any atom is -0.529 e. The molecule has 0 unspecified atom stereocenters. The Hall–Kier alpha value is -0.626. The zero-order chi connectivity index (χ0) is 8.57. The maximum Gasteiger partial charge on any atom is 0.288 e. The Labute approximate surface area is 66.0 Å². The minimum atomic E-state index is -0.184. The van der Waals surface area contributed by atoms with Gasteiger partial charge in [0.1, 0.15) is 0 Å². The van der Waals surface area contributed by atoms with Crippen molar-refractivity contribution >= 4 is 32.9 Å². The van der Waals surface area contributed by atoms with Crippen LogP contribution in [0.4, 0.5) is 0 Å². The third kappa shape index (κ3) is 26.3. The van der Waals surface area contributed by atoms with Crippen LogP contribution in [0.1, 0.15) is 13.8 Å². The Kier molecular flexibility index (Phi) is 10.1. The van der Waals surface area contributed by atoms with Crippen LogP contribution in [0.25, 0.3) is 0 Å². The Balaban J connectivity index is 0. The summed E-state index contributed by atoms with van der Waals surface area (Å²) in [5.41, 5.74) is 0. The molecule has 0 aromatic carbocycles. The van der Waals surface area contributed by atoms with Gasteiger partial charge in [-0.15, -0.1) is 0 Å². The Morgan fingerprint density at radius 3 is 1.10 bits per heavy atom. The van der Waals surface area contributed by atoms with Gasteiger partial charge in [0.2, 0.25) is 21.0 Å². The first-order chi connectivity index (χ1) is 4.54. The highest BCUT2D eigenvalue weighted by Gasteiger charge is 1.75. The van der Waals surface area contributed by atoms with Crippen LogP contribution >= 0.6 is 0 Å². The lowest BCUT2D eigenvalue weighted by molar-refractivity contribution is -0.132. The average molecular weight is 180 g/mol. The van der Waals surface area contributed by atoms with Gasteiger partial charge in [-0.2, -0.15) is 0 Å². The second-order valence-corrected chi connectivity index (χ2v) is 2.21. The maximum absolute atomic E-state index is 9.62. The smallest absolute Gasteiger partial charge is 0.288 e. The third-order valence-corrected chi connectivity index (χ3v) is 1.72. The van der Waals surface area contributed by atoms with E-state index < -0.39 is 0 Å². The lowest BCUT2D eigenvalue weighted by Crippen LogP contribution is -1.90. The van der Waals surface area contributed by atoms with Gasteiger partial charge < -0.3 is 8.85 Å². The molecule has 0 aliphatic heterocycles. The van der Waals surface area contributed by atoms with Gasteiger partial charge in [-0.1, -0.05) is 0 Å². The summed E-state index contributed by atoms with van der Waals surface area (Å²) in [5, 5.41) is 0. The molecule has 0 rings (SSSR count). The number of carbonyl (C=O) groups is 2. The van der Waals surface area contributed by atoms with Gasteiger partial charge in [-0.25, -0.2) is 0 Å². The van der Waals surface area contributed by atoms with Crippen molar-refractivity contribution in [2.45, 2.75) is 13.8 Å². The predicted molar refractivity (Wildman–Crippen MR) is 43.4 cm³/mol. The van der Waals surface area contributed by atoms with Crippen LogP contribution in [-0.4, -0.2) is 32.9 Å². The predicted octanol–water partition coefficient (Wildman–Crippen LogP) is -2.34. The van der Waals surface area contributed by atoms with Gasteiger partial charge in [0.25, 0.3) is 11.9 Å². The summed E-state index contributed by atoms with van der Waals surface area (Å²) in [6.45, 7) is 2.79. The SMILES string of the molecule is CC(=O)O[SiH3].CC(=O)O[SiH3]. The standard InChI is InChI=1S/2C2H6O2Si/c2*1-2(3)4-5/h2*1,5H3. The van der Waals surface area contributed by atoms with Gasteiger partial charge in [-0.05, 0) is 0 Å². The Morgan fingerprint density at radius 2 is 1.10 bits per heavy atom. The average Bonchev–Trinajstić information content (AvgIpc) is 1.89. The van der Waals surface area contributed by atoms with Gasteiger partial charge in [0.05, 0.1) is 0 Å². The topological polar surface area (TPSA) is 52.6 Å². The molecule has 0 atom stereocenters. The van der Waals surface area contributed by atoms with Crippen molar-refractivity contribution < 1.29 is 18.4 Å². The molecule has 0 fully saturated rings. The monoisotopic (exact) mass is 180 g/mol. The summed E-state index contributed by atoms with van der Waals surface area (Å²) in [5.74, 6) is -0.367. The maximum atomic E-state index is 9.62. The van der Waals surface area contributed by atoms with Crippen LogP contribution in [-0.2, 0) is 18.4 Å². The molecule has 0 bridgehead atoms. The van der Waals surface area contributed by atoms with Crippen LogP contribution in [0.15, 0.2) is 0 Å². The van der Waals surface area contributed by atoms with Gasteiger partial charge >= 0.3 is 0 Å². The van der Waals surface area contributed by atoms with E-state index in [-0.39, 0.29) is 11.9 Å². The highest BCUT2D eigenvalue weighted by Crippen LogP contribution is 1.59. The van der Waals surface area contributed by atoms with Gasteiger partial charge in [0.15, 0.2) is 0 Å². The molecular formula is C4H12O4Si2. The van der Waals surface area contributed by atoms with E-state index in [0.29, 0.717) is 21.0 Å². The first kappa shape index (κ1) is 12.1. The second kappa shape index (κ2) is 8.37. The molecular weight excluding hydrogens is 168 g/mol.